The van der Waals surface area contributed by atoms with Crippen LogP contribution in [-0.4, -0.2) is 15.1 Å². The van der Waals surface area contributed by atoms with Crippen LogP contribution >= 0.6 is 0 Å². The van der Waals surface area contributed by atoms with Crippen LogP contribution in [0.4, 0.5) is 0 Å². The molecule has 0 radical (unpaired) electrons. The highest BCUT2D eigenvalue weighted by molar-refractivity contribution is 5.62. The van der Waals surface area contributed by atoms with E-state index in [-0.39, 0.29) is 0 Å². The zero-order valence-corrected chi connectivity index (χ0v) is 15.4. The molecule has 0 fully saturated rings. The van der Waals surface area contributed by atoms with Gasteiger partial charge in [-0.25, -0.2) is 0 Å². The maximum atomic E-state index is 5.44. The van der Waals surface area contributed by atoms with Gasteiger partial charge in [-0.2, -0.15) is 4.98 Å². The van der Waals surface area contributed by atoms with Gasteiger partial charge in [0.2, 0.25) is 5.82 Å². The molecule has 25 heavy (non-hydrogen) atoms. The SMILES string of the molecule is CCCc1ccc(-c2noc(-c3ccc(CC(C)C)cn3)n2)c(C)c1. The predicted molar refractivity (Wildman–Crippen MR) is 100 cm³/mol. The summed E-state index contributed by atoms with van der Waals surface area (Å²) in [7, 11) is 0. The van der Waals surface area contributed by atoms with Crippen LogP contribution in [0.25, 0.3) is 23.0 Å². The van der Waals surface area contributed by atoms with Crippen molar-refractivity contribution in [2.45, 2.75) is 47.0 Å². The molecule has 0 N–H and O–H groups in total. The second kappa shape index (κ2) is 7.60. The third-order valence-corrected chi connectivity index (χ3v) is 4.18. The summed E-state index contributed by atoms with van der Waals surface area (Å²) in [5.74, 6) is 1.69. The van der Waals surface area contributed by atoms with Crippen LogP contribution in [0, 0.1) is 12.8 Å². The minimum Gasteiger partial charge on any atom is -0.332 e. The minimum absolute atomic E-state index is 0.461. The Balaban J connectivity index is 1.82. The fourth-order valence-corrected chi connectivity index (χ4v) is 3.00. The standard InChI is InChI=1S/C21H25N3O/c1-5-6-16-7-9-18(15(4)12-16)20-23-21(25-24-20)19-10-8-17(13-22-19)11-14(2)3/h7-10,12-14H,5-6,11H2,1-4H3. The molecular weight excluding hydrogens is 310 g/mol. The fraction of sp³-hybridized carbons (Fsp3) is 0.381. The van der Waals surface area contributed by atoms with E-state index in [0.717, 1.165) is 24.8 Å². The van der Waals surface area contributed by atoms with Crippen LogP contribution in [-0.2, 0) is 12.8 Å². The van der Waals surface area contributed by atoms with Gasteiger partial charge in [-0.3, -0.25) is 4.98 Å². The molecule has 3 rings (SSSR count). The lowest BCUT2D eigenvalue weighted by atomic mass is 10.0. The molecule has 2 heterocycles. The normalized spacial score (nSPS) is 11.2. The summed E-state index contributed by atoms with van der Waals surface area (Å²) in [6.45, 7) is 8.68. The molecule has 2 aromatic heterocycles. The van der Waals surface area contributed by atoms with E-state index in [0.29, 0.717) is 23.3 Å². The van der Waals surface area contributed by atoms with Gasteiger partial charge in [-0.1, -0.05) is 56.6 Å². The Bertz CT molecular complexity index is 835. The first-order valence-electron chi connectivity index (χ1n) is 8.95. The van der Waals surface area contributed by atoms with Crippen molar-refractivity contribution in [1.29, 1.82) is 0 Å². The summed E-state index contributed by atoms with van der Waals surface area (Å²) in [5.41, 5.74) is 5.45. The van der Waals surface area contributed by atoms with Gasteiger partial charge in [-0.15, -0.1) is 0 Å². The molecule has 0 aliphatic heterocycles. The lowest BCUT2D eigenvalue weighted by Crippen LogP contribution is -1.95. The van der Waals surface area contributed by atoms with Crippen molar-refractivity contribution in [3.8, 4) is 23.0 Å². The first-order chi connectivity index (χ1) is 12.1. The van der Waals surface area contributed by atoms with E-state index in [4.69, 9.17) is 4.52 Å². The predicted octanol–water partition coefficient (Wildman–Crippen LogP) is 5.26. The maximum absolute atomic E-state index is 5.44. The van der Waals surface area contributed by atoms with Crippen molar-refractivity contribution >= 4 is 0 Å². The lowest BCUT2D eigenvalue weighted by Gasteiger charge is -2.04. The van der Waals surface area contributed by atoms with Crippen molar-refractivity contribution in [2.75, 3.05) is 0 Å². The number of pyridine rings is 1. The number of rotatable bonds is 6. The molecule has 1 aromatic carbocycles. The number of hydrogen-bond acceptors (Lipinski definition) is 4. The summed E-state index contributed by atoms with van der Waals surface area (Å²) < 4.78 is 5.44. The summed E-state index contributed by atoms with van der Waals surface area (Å²) in [5, 5.41) is 4.14. The average molecular weight is 335 g/mol. The van der Waals surface area contributed by atoms with E-state index in [9.17, 15) is 0 Å². The van der Waals surface area contributed by atoms with Crippen molar-refractivity contribution < 1.29 is 4.52 Å². The van der Waals surface area contributed by atoms with Crippen LogP contribution in [0.3, 0.4) is 0 Å². The topological polar surface area (TPSA) is 51.8 Å². The maximum Gasteiger partial charge on any atom is 0.276 e. The highest BCUT2D eigenvalue weighted by Gasteiger charge is 2.13. The molecule has 4 heteroatoms. The Morgan fingerprint density at radius 2 is 1.88 bits per heavy atom. The zero-order valence-electron chi connectivity index (χ0n) is 15.4. The van der Waals surface area contributed by atoms with E-state index in [1.54, 1.807) is 0 Å². The quantitative estimate of drug-likeness (QED) is 0.616. The first kappa shape index (κ1) is 17.3. The molecule has 0 aliphatic carbocycles. The smallest absolute Gasteiger partial charge is 0.276 e. The van der Waals surface area contributed by atoms with Crippen molar-refractivity contribution in [1.82, 2.24) is 15.1 Å². The summed E-state index contributed by atoms with van der Waals surface area (Å²) in [6.07, 6.45) is 5.14. The van der Waals surface area contributed by atoms with E-state index in [2.05, 4.69) is 67.1 Å². The summed E-state index contributed by atoms with van der Waals surface area (Å²) >= 11 is 0. The zero-order chi connectivity index (χ0) is 17.8. The van der Waals surface area contributed by atoms with Crippen LogP contribution in [0.5, 0.6) is 0 Å². The van der Waals surface area contributed by atoms with E-state index in [1.807, 2.05) is 12.3 Å². The number of aromatic nitrogens is 3. The van der Waals surface area contributed by atoms with Gasteiger partial charge in [0.1, 0.15) is 5.69 Å². The Morgan fingerprint density at radius 3 is 2.52 bits per heavy atom. The van der Waals surface area contributed by atoms with Crippen molar-refractivity contribution in [3.05, 3.63) is 53.2 Å². The molecule has 3 aromatic rings. The van der Waals surface area contributed by atoms with Crippen molar-refractivity contribution in [3.63, 3.8) is 0 Å². The highest BCUT2D eigenvalue weighted by Crippen LogP contribution is 2.25. The molecule has 0 amide bonds. The van der Waals surface area contributed by atoms with Gasteiger partial charge in [0.05, 0.1) is 0 Å². The first-order valence-corrected chi connectivity index (χ1v) is 8.95. The molecule has 0 saturated carbocycles. The molecule has 0 atom stereocenters. The van der Waals surface area contributed by atoms with Crippen LogP contribution in [0.2, 0.25) is 0 Å². The Labute approximate surface area is 149 Å². The molecule has 0 saturated heterocycles. The van der Waals surface area contributed by atoms with Crippen LogP contribution in [0.1, 0.15) is 43.9 Å². The third kappa shape index (κ3) is 4.13. The largest absolute Gasteiger partial charge is 0.332 e. The van der Waals surface area contributed by atoms with Gasteiger partial charge >= 0.3 is 0 Å². The Kier molecular flexibility index (Phi) is 5.27. The molecule has 0 aliphatic rings. The van der Waals surface area contributed by atoms with Crippen LogP contribution < -0.4 is 0 Å². The van der Waals surface area contributed by atoms with E-state index in [1.165, 1.54) is 16.7 Å². The van der Waals surface area contributed by atoms with Crippen LogP contribution in [0.15, 0.2) is 41.1 Å². The molecule has 4 nitrogen and oxygen atoms in total. The average Bonchev–Trinajstić information content (AvgIpc) is 3.05. The molecule has 0 unspecified atom stereocenters. The fourth-order valence-electron chi connectivity index (χ4n) is 3.00. The molecular formula is C21H25N3O. The Hall–Kier alpha value is -2.49. The third-order valence-electron chi connectivity index (χ3n) is 4.18. The van der Waals surface area contributed by atoms with Crippen molar-refractivity contribution in [2.24, 2.45) is 5.92 Å². The lowest BCUT2D eigenvalue weighted by molar-refractivity contribution is 0.431. The second-order valence-corrected chi connectivity index (χ2v) is 6.97. The summed E-state index contributed by atoms with van der Waals surface area (Å²) in [6, 6.07) is 10.5. The Morgan fingerprint density at radius 1 is 1.08 bits per heavy atom. The molecule has 0 spiro atoms. The van der Waals surface area contributed by atoms with Gasteiger partial charge in [-0.05, 0) is 48.4 Å². The van der Waals surface area contributed by atoms with Gasteiger partial charge in [0.15, 0.2) is 0 Å². The molecule has 130 valence electrons. The second-order valence-electron chi connectivity index (χ2n) is 6.97. The highest BCUT2D eigenvalue weighted by atomic mass is 16.5. The number of benzene rings is 1. The monoisotopic (exact) mass is 335 g/mol. The van der Waals surface area contributed by atoms with Gasteiger partial charge in [0.25, 0.3) is 5.89 Å². The minimum atomic E-state index is 0.461. The van der Waals surface area contributed by atoms with E-state index >= 15 is 0 Å². The van der Waals surface area contributed by atoms with Gasteiger partial charge < -0.3 is 4.52 Å². The number of aryl methyl sites for hydroxylation is 2. The van der Waals surface area contributed by atoms with E-state index < -0.39 is 0 Å². The molecule has 0 bridgehead atoms. The number of hydrogen-bond donors (Lipinski definition) is 0. The number of nitrogens with zero attached hydrogens (tertiary/aromatic N) is 3. The summed E-state index contributed by atoms with van der Waals surface area (Å²) in [4.78, 5) is 9.01. The van der Waals surface area contributed by atoms with Gasteiger partial charge in [0, 0.05) is 11.8 Å².